The third kappa shape index (κ3) is 2.77. The zero-order chi connectivity index (χ0) is 13.2. The number of hydrogen-bond acceptors (Lipinski definition) is 2. The Kier molecular flexibility index (Phi) is 4.10. The monoisotopic (exact) mass is 250 g/mol. The van der Waals surface area contributed by atoms with Gasteiger partial charge in [-0.2, -0.15) is 0 Å². The van der Waals surface area contributed by atoms with Crippen LogP contribution >= 0.6 is 0 Å². The van der Waals surface area contributed by atoms with E-state index in [1.54, 1.807) is 0 Å². The van der Waals surface area contributed by atoms with Gasteiger partial charge in [-0.15, -0.1) is 6.58 Å². The molecule has 1 amide bonds. The second-order valence-corrected chi connectivity index (χ2v) is 6.24. The second kappa shape index (κ2) is 5.43. The smallest absolute Gasteiger partial charge is 0.229 e. The molecule has 1 aliphatic heterocycles. The van der Waals surface area contributed by atoms with Gasteiger partial charge in [0.15, 0.2) is 0 Å². The van der Waals surface area contributed by atoms with E-state index in [-0.39, 0.29) is 5.41 Å². The van der Waals surface area contributed by atoms with Gasteiger partial charge in [0, 0.05) is 18.0 Å². The minimum atomic E-state index is -0.251. The molecule has 2 fully saturated rings. The predicted molar refractivity (Wildman–Crippen MR) is 74.3 cm³/mol. The van der Waals surface area contributed by atoms with Crippen molar-refractivity contribution in [1.82, 2.24) is 10.2 Å². The quantitative estimate of drug-likeness (QED) is 0.759. The molecule has 0 radical (unpaired) electrons. The average Bonchev–Trinajstić information content (AvgIpc) is 3.20. The molecule has 0 spiro atoms. The van der Waals surface area contributed by atoms with Gasteiger partial charge in [-0.1, -0.05) is 19.9 Å². The molecular weight excluding hydrogens is 224 g/mol. The fourth-order valence-corrected chi connectivity index (χ4v) is 2.94. The Labute approximate surface area is 111 Å². The molecule has 3 nitrogen and oxygen atoms in total. The molecule has 3 heteroatoms. The summed E-state index contributed by atoms with van der Waals surface area (Å²) < 4.78 is 0. The Bertz CT molecular complexity index is 314. The number of rotatable bonds is 5. The van der Waals surface area contributed by atoms with E-state index >= 15 is 0 Å². The Morgan fingerprint density at radius 2 is 2.17 bits per heavy atom. The van der Waals surface area contributed by atoms with Crippen LogP contribution in [0.2, 0.25) is 0 Å². The SMILES string of the molecule is C=CCN(C(=O)C(C)(C)C1CCCNC1)C1CC1. The molecule has 2 rings (SSSR count). The molecule has 0 aromatic rings. The van der Waals surface area contributed by atoms with Crippen molar-refractivity contribution in [1.29, 1.82) is 0 Å². The van der Waals surface area contributed by atoms with E-state index < -0.39 is 0 Å². The van der Waals surface area contributed by atoms with Crippen LogP contribution in [0.25, 0.3) is 0 Å². The third-order valence-electron chi connectivity index (χ3n) is 4.44. The van der Waals surface area contributed by atoms with Crippen LogP contribution in [0.1, 0.15) is 39.5 Å². The van der Waals surface area contributed by atoms with Crippen LogP contribution < -0.4 is 5.32 Å². The van der Waals surface area contributed by atoms with E-state index in [1.165, 1.54) is 25.7 Å². The lowest BCUT2D eigenvalue weighted by Gasteiger charge is -2.39. The van der Waals surface area contributed by atoms with Crippen LogP contribution in [-0.2, 0) is 4.79 Å². The molecule has 1 heterocycles. The Hall–Kier alpha value is -0.830. The molecule has 1 saturated carbocycles. The number of amides is 1. The van der Waals surface area contributed by atoms with Crippen molar-refractivity contribution < 1.29 is 4.79 Å². The summed E-state index contributed by atoms with van der Waals surface area (Å²) >= 11 is 0. The normalized spacial score (nSPS) is 24.7. The standard InChI is InChI=1S/C15H26N2O/c1-4-10-17(13-7-8-13)14(18)15(2,3)12-6-5-9-16-11-12/h4,12-13,16H,1,5-11H2,2-3H3. The zero-order valence-corrected chi connectivity index (χ0v) is 11.7. The number of piperidine rings is 1. The fraction of sp³-hybridized carbons (Fsp3) is 0.800. The first kappa shape index (κ1) is 13.6. The minimum absolute atomic E-state index is 0.251. The molecule has 1 N–H and O–H groups in total. The minimum Gasteiger partial charge on any atom is -0.336 e. The van der Waals surface area contributed by atoms with Crippen LogP contribution in [0.15, 0.2) is 12.7 Å². The zero-order valence-electron chi connectivity index (χ0n) is 11.7. The maximum Gasteiger partial charge on any atom is 0.229 e. The van der Waals surface area contributed by atoms with Crippen LogP contribution in [0, 0.1) is 11.3 Å². The average molecular weight is 250 g/mol. The maximum absolute atomic E-state index is 12.8. The van der Waals surface area contributed by atoms with Crippen molar-refractivity contribution in [2.24, 2.45) is 11.3 Å². The van der Waals surface area contributed by atoms with Crippen molar-refractivity contribution >= 4 is 5.91 Å². The van der Waals surface area contributed by atoms with Crippen LogP contribution in [-0.4, -0.2) is 36.5 Å². The molecule has 0 aromatic carbocycles. The van der Waals surface area contributed by atoms with Crippen LogP contribution in [0.4, 0.5) is 0 Å². The van der Waals surface area contributed by atoms with Crippen molar-refractivity contribution in [3.8, 4) is 0 Å². The van der Waals surface area contributed by atoms with E-state index in [0.717, 1.165) is 13.1 Å². The van der Waals surface area contributed by atoms with Gasteiger partial charge < -0.3 is 10.2 Å². The highest BCUT2D eigenvalue weighted by Gasteiger charge is 2.43. The summed E-state index contributed by atoms with van der Waals surface area (Å²) in [5, 5.41) is 3.42. The van der Waals surface area contributed by atoms with E-state index in [1.807, 2.05) is 11.0 Å². The van der Waals surface area contributed by atoms with Crippen molar-refractivity contribution in [3.63, 3.8) is 0 Å². The van der Waals surface area contributed by atoms with Crippen molar-refractivity contribution in [2.75, 3.05) is 19.6 Å². The Morgan fingerprint density at radius 3 is 2.67 bits per heavy atom. The first-order valence-corrected chi connectivity index (χ1v) is 7.20. The molecule has 0 aromatic heterocycles. The number of nitrogens with one attached hydrogen (secondary N) is 1. The lowest BCUT2D eigenvalue weighted by atomic mass is 9.74. The van der Waals surface area contributed by atoms with Crippen LogP contribution in [0.3, 0.4) is 0 Å². The summed E-state index contributed by atoms with van der Waals surface area (Å²) in [6.07, 6.45) is 6.53. The molecule has 1 aliphatic carbocycles. The first-order chi connectivity index (χ1) is 8.57. The Balaban J connectivity index is 2.05. The maximum atomic E-state index is 12.8. The highest BCUT2D eigenvalue weighted by atomic mass is 16.2. The molecular formula is C15H26N2O. The topological polar surface area (TPSA) is 32.3 Å². The largest absolute Gasteiger partial charge is 0.336 e. The molecule has 2 aliphatic rings. The third-order valence-corrected chi connectivity index (χ3v) is 4.44. The summed E-state index contributed by atoms with van der Waals surface area (Å²) in [5.41, 5.74) is -0.251. The molecule has 1 atom stereocenters. The number of nitrogens with zero attached hydrogens (tertiary/aromatic N) is 1. The number of carbonyl (C=O) groups excluding carboxylic acids is 1. The number of hydrogen-bond donors (Lipinski definition) is 1. The Morgan fingerprint density at radius 1 is 1.44 bits per heavy atom. The fourth-order valence-electron chi connectivity index (χ4n) is 2.94. The molecule has 0 bridgehead atoms. The van der Waals surface area contributed by atoms with E-state index in [0.29, 0.717) is 24.4 Å². The van der Waals surface area contributed by atoms with E-state index in [9.17, 15) is 4.79 Å². The lowest BCUT2D eigenvalue weighted by molar-refractivity contribution is -0.143. The summed E-state index contributed by atoms with van der Waals surface area (Å²) in [7, 11) is 0. The first-order valence-electron chi connectivity index (χ1n) is 7.20. The summed E-state index contributed by atoms with van der Waals surface area (Å²) in [5.74, 6) is 0.781. The second-order valence-electron chi connectivity index (χ2n) is 6.24. The summed E-state index contributed by atoms with van der Waals surface area (Å²) in [6.45, 7) is 10.8. The van der Waals surface area contributed by atoms with Gasteiger partial charge in [-0.25, -0.2) is 0 Å². The van der Waals surface area contributed by atoms with Gasteiger partial charge in [-0.05, 0) is 44.7 Å². The molecule has 18 heavy (non-hydrogen) atoms. The predicted octanol–water partition coefficient (Wildman–Crippen LogP) is 2.19. The number of carbonyl (C=O) groups is 1. The van der Waals surface area contributed by atoms with Gasteiger partial charge in [0.1, 0.15) is 0 Å². The molecule has 102 valence electrons. The van der Waals surface area contributed by atoms with Gasteiger partial charge in [0.25, 0.3) is 0 Å². The van der Waals surface area contributed by atoms with Crippen molar-refractivity contribution in [2.45, 2.75) is 45.6 Å². The summed E-state index contributed by atoms with van der Waals surface area (Å²) in [4.78, 5) is 14.8. The highest BCUT2D eigenvalue weighted by Crippen LogP contribution is 2.37. The van der Waals surface area contributed by atoms with E-state index in [2.05, 4.69) is 25.7 Å². The van der Waals surface area contributed by atoms with E-state index in [4.69, 9.17) is 0 Å². The van der Waals surface area contributed by atoms with Crippen LogP contribution in [0.5, 0.6) is 0 Å². The van der Waals surface area contributed by atoms with Crippen molar-refractivity contribution in [3.05, 3.63) is 12.7 Å². The summed E-state index contributed by atoms with van der Waals surface area (Å²) in [6, 6.07) is 0.478. The molecule has 1 saturated heterocycles. The lowest BCUT2D eigenvalue weighted by Crippen LogP contribution is -2.49. The molecule has 1 unspecified atom stereocenters. The highest BCUT2D eigenvalue weighted by molar-refractivity contribution is 5.83. The van der Waals surface area contributed by atoms with Gasteiger partial charge in [-0.3, -0.25) is 4.79 Å². The van der Waals surface area contributed by atoms with Gasteiger partial charge in [0.05, 0.1) is 0 Å². The van der Waals surface area contributed by atoms with Gasteiger partial charge in [0.2, 0.25) is 5.91 Å². The van der Waals surface area contributed by atoms with Gasteiger partial charge >= 0.3 is 0 Å².